The first-order chi connectivity index (χ1) is 11.1. The van der Waals surface area contributed by atoms with Crippen molar-refractivity contribution < 1.29 is 19.1 Å². The van der Waals surface area contributed by atoms with Gasteiger partial charge in [0.15, 0.2) is 5.17 Å². The topological polar surface area (TPSA) is 80.2 Å². The lowest BCUT2D eigenvalue weighted by Gasteiger charge is -2.13. The maximum absolute atomic E-state index is 12.2. The Labute approximate surface area is 138 Å². The van der Waals surface area contributed by atoms with Crippen molar-refractivity contribution in [1.29, 1.82) is 0 Å². The molecule has 1 N–H and O–H groups in total. The summed E-state index contributed by atoms with van der Waals surface area (Å²) in [6.45, 7) is 1.27. The van der Waals surface area contributed by atoms with Gasteiger partial charge in [-0.05, 0) is 12.1 Å². The third kappa shape index (κ3) is 3.12. The molecular weight excluding hydrogens is 318 g/mol. The van der Waals surface area contributed by atoms with Crippen LogP contribution in [0.15, 0.2) is 23.2 Å². The number of amides is 2. The van der Waals surface area contributed by atoms with Crippen LogP contribution >= 0.6 is 11.8 Å². The second-order valence-electron chi connectivity index (χ2n) is 5.08. The van der Waals surface area contributed by atoms with Gasteiger partial charge in [-0.3, -0.25) is 19.5 Å². The Morgan fingerprint density at radius 3 is 2.96 bits per heavy atom. The van der Waals surface area contributed by atoms with Gasteiger partial charge in [0.25, 0.3) is 0 Å². The van der Waals surface area contributed by atoms with Crippen molar-refractivity contribution in [2.45, 2.75) is 11.7 Å². The normalized spacial score (nSPS) is 19.4. The predicted molar refractivity (Wildman–Crippen MR) is 88.2 cm³/mol. The molecule has 3 rings (SSSR count). The van der Waals surface area contributed by atoms with E-state index in [2.05, 4.69) is 10.3 Å². The van der Waals surface area contributed by atoms with Gasteiger partial charge in [-0.15, -0.1) is 0 Å². The number of methoxy groups -OCH3 is 2. The first-order valence-corrected chi connectivity index (χ1v) is 8.04. The van der Waals surface area contributed by atoms with Gasteiger partial charge in [0.05, 0.1) is 26.5 Å². The zero-order valence-corrected chi connectivity index (χ0v) is 13.7. The Morgan fingerprint density at radius 1 is 1.43 bits per heavy atom. The van der Waals surface area contributed by atoms with Gasteiger partial charge in [0.1, 0.15) is 16.7 Å². The van der Waals surface area contributed by atoms with E-state index in [0.29, 0.717) is 30.3 Å². The molecule has 1 unspecified atom stereocenters. The third-order valence-electron chi connectivity index (χ3n) is 3.64. The van der Waals surface area contributed by atoms with E-state index in [1.54, 1.807) is 30.2 Å². The summed E-state index contributed by atoms with van der Waals surface area (Å²) in [5, 5.41) is 3.11. The maximum atomic E-state index is 12.2. The number of nitrogens with zero attached hydrogens (tertiary/aromatic N) is 2. The zero-order valence-electron chi connectivity index (χ0n) is 12.9. The Morgan fingerprint density at radius 2 is 2.26 bits per heavy atom. The molecule has 0 bridgehead atoms. The van der Waals surface area contributed by atoms with Gasteiger partial charge in [-0.1, -0.05) is 11.8 Å². The van der Waals surface area contributed by atoms with Crippen LogP contribution in [-0.2, 0) is 9.59 Å². The number of aliphatic imine (C=N–C) groups is 1. The van der Waals surface area contributed by atoms with Gasteiger partial charge in [0.2, 0.25) is 11.8 Å². The summed E-state index contributed by atoms with van der Waals surface area (Å²) in [5.74, 6) is 0.872. The molecule has 0 spiro atoms. The summed E-state index contributed by atoms with van der Waals surface area (Å²) >= 11 is 1.36. The van der Waals surface area contributed by atoms with Crippen LogP contribution in [-0.4, -0.2) is 54.4 Å². The molecule has 0 aromatic heterocycles. The number of fused-ring (bicyclic) bond motifs is 1. The van der Waals surface area contributed by atoms with Crippen LogP contribution in [0.1, 0.15) is 6.42 Å². The van der Waals surface area contributed by atoms with Crippen LogP contribution < -0.4 is 14.8 Å². The minimum Gasteiger partial charge on any atom is -0.497 e. The van der Waals surface area contributed by atoms with Crippen molar-refractivity contribution in [3.05, 3.63) is 18.2 Å². The molecule has 8 heteroatoms. The van der Waals surface area contributed by atoms with Crippen molar-refractivity contribution in [3.63, 3.8) is 0 Å². The summed E-state index contributed by atoms with van der Waals surface area (Å²) in [5.41, 5.74) is 0.548. The molecule has 1 aromatic carbocycles. The SMILES string of the molecule is COc1ccc(NC(=O)CC2SC3=NCCN3C2=O)c(OC)c1. The van der Waals surface area contributed by atoms with Crippen LogP contribution in [0.3, 0.4) is 0 Å². The van der Waals surface area contributed by atoms with Crippen molar-refractivity contribution >= 4 is 34.4 Å². The monoisotopic (exact) mass is 335 g/mol. The molecule has 2 aliphatic rings. The number of amidine groups is 1. The standard InChI is InChI=1S/C15H17N3O4S/c1-21-9-3-4-10(11(7-9)22-2)17-13(19)8-12-14(20)18-6-5-16-15(18)23-12/h3-4,7,12H,5-6,8H2,1-2H3,(H,17,19). The van der Waals surface area contributed by atoms with E-state index in [0.717, 1.165) is 5.17 Å². The second-order valence-corrected chi connectivity index (χ2v) is 6.25. The van der Waals surface area contributed by atoms with Crippen LogP contribution in [0.5, 0.6) is 11.5 Å². The average Bonchev–Trinajstić information content (AvgIpc) is 3.12. The molecule has 0 aliphatic carbocycles. The molecule has 2 heterocycles. The van der Waals surface area contributed by atoms with E-state index in [9.17, 15) is 9.59 Å². The van der Waals surface area contributed by atoms with E-state index in [4.69, 9.17) is 9.47 Å². The maximum Gasteiger partial charge on any atom is 0.242 e. The second kappa shape index (κ2) is 6.49. The Bertz CT molecular complexity index is 677. The van der Waals surface area contributed by atoms with Crippen molar-refractivity contribution in [3.8, 4) is 11.5 Å². The van der Waals surface area contributed by atoms with Crippen LogP contribution in [0.25, 0.3) is 0 Å². The molecule has 122 valence electrons. The van der Waals surface area contributed by atoms with Crippen LogP contribution in [0.4, 0.5) is 5.69 Å². The minimum absolute atomic E-state index is 0.0388. The van der Waals surface area contributed by atoms with Gasteiger partial charge >= 0.3 is 0 Å². The Balaban J connectivity index is 1.65. The molecule has 0 radical (unpaired) electrons. The number of rotatable bonds is 5. The number of ether oxygens (including phenoxy) is 2. The van der Waals surface area contributed by atoms with Gasteiger partial charge in [-0.2, -0.15) is 0 Å². The lowest BCUT2D eigenvalue weighted by Crippen LogP contribution is -2.32. The van der Waals surface area contributed by atoms with E-state index < -0.39 is 5.25 Å². The Kier molecular flexibility index (Phi) is 4.42. The van der Waals surface area contributed by atoms with E-state index in [-0.39, 0.29) is 18.2 Å². The van der Waals surface area contributed by atoms with Crippen molar-refractivity contribution in [1.82, 2.24) is 4.90 Å². The molecule has 2 aliphatic heterocycles. The molecule has 1 atom stereocenters. The highest BCUT2D eigenvalue weighted by Crippen LogP contribution is 2.33. The number of carbonyl (C=O) groups excluding carboxylic acids is 2. The molecule has 1 aromatic rings. The molecule has 1 fully saturated rings. The van der Waals surface area contributed by atoms with E-state index in [1.165, 1.54) is 18.9 Å². The lowest BCUT2D eigenvalue weighted by atomic mass is 10.2. The lowest BCUT2D eigenvalue weighted by molar-refractivity contribution is -0.127. The fraction of sp³-hybridized carbons (Fsp3) is 0.400. The highest BCUT2D eigenvalue weighted by atomic mass is 32.2. The van der Waals surface area contributed by atoms with Gasteiger partial charge in [0, 0.05) is 19.0 Å². The molecule has 1 saturated heterocycles. The van der Waals surface area contributed by atoms with Crippen molar-refractivity contribution in [2.75, 3.05) is 32.6 Å². The van der Waals surface area contributed by atoms with E-state index >= 15 is 0 Å². The van der Waals surface area contributed by atoms with Crippen molar-refractivity contribution in [2.24, 2.45) is 4.99 Å². The quantitative estimate of drug-likeness (QED) is 0.878. The average molecular weight is 335 g/mol. The van der Waals surface area contributed by atoms with Gasteiger partial charge in [-0.25, -0.2) is 0 Å². The minimum atomic E-state index is -0.404. The first kappa shape index (κ1) is 15.7. The molecule has 7 nitrogen and oxygen atoms in total. The number of anilines is 1. The highest BCUT2D eigenvalue weighted by molar-refractivity contribution is 8.15. The number of hydrogen-bond donors (Lipinski definition) is 1. The summed E-state index contributed by atoms with van der Waals surface area (Å²) in [7, 11) is 3.08. The highest BCUT2D eigenvalue weighted by Gasteiger charge is 2.40. The number of benzene rings is 1. The van der Waals surface area contributed by atoms with Crippen LogP contribution in [0, 0.1) is 0 Å². The number of hydrogen-bond acceptors (Lipinski definition) is 6. The molecular formula is C15H17N3O4S. The predicted octanol–water partition coefficient (Wildman–Crippen LogP) is 1.35. The largest absolute Gasteiger partial charge is 0.497 e. The molecule has 2 amide bonds. The first-order valence-electron chi connectivity index (χ1n) is 7.16. The fourth-order valence-electron chi connectivity index (χ4n) is 2.48. The van der Waals surface area contributed by atoms with Crippen LogP contribution in [0.2, 0.25) is 0 Å². The fourth-order valence-corrected chi connectivity index (χ4v) is 3.68. The van der Waals surface area contributed by atoms with Gasteiger partial charge < -0.3 is 14.8 Å². The van der Waals surface area contributed by atoms with E-state index in [1.807, 2.05) is 0 Å². The summed E-state index contributed by atoms with van der Waals surface area (Å²) in [6, 6.07) is 5.13. The Hall–Kier alpha value is -2.22. The summed E-state index contributed by atoms with van der Waals surface area (Å²) in [6.07, 6.45) is 0.105. The number of nitrogens with one attached hydrogen (secondary N) is 1. The molecule has 23 heavy (non-hydrogen) atoms. The zero-order chi connectivity index (χ0) is 16.4. The number of carbonyl (C=O) groups is 2. The number of thioether (sulfide) groups is 1. The summed E-state index contributed by atoms with van der Waals surface area (Å²) in [4.78, 5) is 30.3. The summed E-state index contributed by atoms with van der Waals surface area (Å²) < 4.78 is 10.4. The third-order valence-corrected chi connectivity index (χ3v) is 4.86. The molecule has 0 saturated carbocycles. The smallest absolute Gasteiger partial charge is 0.242 e.